The van der Waals surface area contributed by atoms with Crippen LogP contribution in [0.4, 0.5) is 0 Å². The van der Waals surface area contributed by atoms with Gasteiger partial charge in [-0.2, -0.15) is 0 Å². The van der Waals surface area contributed by atoms with Crippen molar-refractivity contribution in [2.24, 2.45) is 0 Å². The van der Waals surface area contributed by atoms with Crippen LogP contribution in [0.15, 0.2) is 72.8 Å². The number of pyridine rings is 1. The van der Waals surface area contributed by atoms with Gasteiger partial charge in [0.25, 0.3) is 0 Å². The van der Waals surface area contributed by atoms with E-state index in [4.69, 9.17) is 21.3 Å². The third-order valence-electron chi connectivity index (χ3n) is 5.89. The maximum atomic E-state index is 6.27. The van der Waals surface area contributed by atoms with Gasteiger partial charge < -0.3 is 4.74 Å². The van der Waals surface area contributed by atoms with E-state index in [0.717, 1.165) is 34.8 Å². The fourth-order valence-corrected chi connectivity index (χ4v) is 4.74. The molecule has 0 fully saturated rings. The minimum absolute atomic E-state index is 0.587. The summed E-state index contributed by atoms with van der Waals surface area (Å²) < 4.78 is 5.85. The molecular formula is C26H18ClNO. The van der Waals surface area contributed by atoms with Crippen LogP contribution in [0.3, 0.4) is 0 Å². The molecule has 0 aliphatic carbocycles. The van der Waals surface area contributed by atoms with Crippen LogP contribution in [0.2, 0.25) is 5.02 Å². The molecule has 0 radical (unpaired) electrons. The summed E-state index contributed by atoms with van der Waals surface area (Å²) in [5.74, 6) is 0. The van der Waals surface area contributed by atoms with E-state index in [1.807, 2.05) is 18.2 Å². The van der Waals surface area contributed by atoms with Gasteiger partial charge in [0, 0.05) is 21.5 Å². The van der Waals surface area contributed by atoms with Gasteiger partial charge in [0.2, 0.25) is 0 Å². The number of benzene rings is 4. The molecule has 0 N–H and O–H groups in total. The lowest BCUT2D eigenvalue weighted by Crippen LogP contribution is -2.13. The highest BCUT2D eigenvalue weighted by Gasteiger charge is 2.21. The highest BCUT2D eigenvalue weighted by Crippen LogP contribution is 2.38. The normalized spacial score (nSPS) is 13.8. The van der Waals surface area contributed by atoms with Crippen LogP contribution < -0.4 is 0 Å². The lowest BCUT2D eigenvalue weighted by atomic mass is 9.90. The molecular weight excluding hydrogens is 378 g/mol. The number of ether oxygens (including phenoxy) is 1. The number of rotatable bonds is 1. The van der Waals surface area contributed by atoms with E-state index in [9.17, 15) is 0 Å². The zero-order valence-corrected chi connectivity index (χ0v) is 16.5. The maximum absolute atomic E-state index is 6.27. The number of nitrogens with zero attached hydrogens (tertiary/aromatic N) is 1. The van der Waals surface area contributed by atoms with E-state index in [2.05, 4.69) is 54.6 Å². The quantitative estimate of drug-likeness (QED) is 0.226. The molecule has 3 heteroatoms. The monoisotopic (exact) mass is 395 g/mol. The number of hydrogen-bond acceptors (Lipinski definition) is 2. The number of halogens is 1. The second-order valence-corrected chi connectivity index (χ2v) is 8.05. The lowest BCUT2D eigenvalue weighted by molar-refractivity contribution is 0.111. The number of fused-ring (bicyclic) bond motifs is 6. The average molecular weight is 396 g/mol. The van der Waals surface area contributed by atoms with Crippen LogP contribution in [-0.2, 0) is 17.8 Å². The molecule has 0 bridgehead atoms. The van der Waals surface area contributed by atoms with Crippen molar-refractivity contribution in [2.75, 3.05) is 6.61 Å². The summed E-state index contributed by atoms with van der Waals surface area (Å²) in [4.78, 5) is 5.09. The SMILES string of the molecule is Clc1cccc(-c2nc3ccc4cc5ccccc5cc4c3c3c2COCC3)c1. The topological polar surface area (TPSA) is 22.1 Å². The number of aromatic nitrogens is 1. The Morgan fingerprint density at radius 2 is 1.66 bits per heavy atom. The zero-order chi connectivity index (χ0) is 19.4. The van der Waals surface area contributed by atoms with E-state index in [1.54, 1.807) is 0 Å². The summed E-state index contributed by atoms with van der Waals surface area (Å²) in [6.45, 7) is 1.33. The van der Waals surface area contributed by atoms with Crippen molar-refractivity contribution >= 4 is 44.0 Å². The molecule has 0 amide bonds. The molecule has 0 unspecified atom stereocenters. The first-order chi connectivity index (χ1) is 14.3. The molecule has 1 aliphatic rings. The van der Waals surface area contributed by atoms with Gasteiger partial charge in [-0.3, -0.25) is 0 Å². The Morgan fingerprint density at radius 3 is 2.52 bits per heavy atom. The Labute approximate surface area is 173 Å². The Bertz CT molecular complexity index is 1420. The summed E-state index contributed by atoms with van der Waals surface area (Å²) in [5.41, 5.74) is 5.60. The molecule has 140 valence electrons. The third-order valence-corrected chi connectivity index (χ3v) is 6.12. The van der Waals surface area contributed by atoms with Gasteiger partial charge in [0.1, 0.15) is 0 Å². The first kappa shape index (κ1) is 17.0. The van der Waals surface area contributed by atoms with Crippen LogP contribution in [0.1, 0.15) is 11.1 Å². The fraction of sp³-hybridized carbons (Fsp3) is 0.115. The van der Waals surface area contributed by atoms with Crippen LogP contribution in [-0.4, -0.2) is 11.6 Å². The largest absolute Gasteiger partial charge is 0.376 e. The Balaban J connectivity index is 1.74. The van der Waals surface area contributed by atoms with Crippen molar-refractivity contribution in [1.82, 2.24) is 4.98 Å². The Hall–Kier alpha value is -2.94. The molecule has 1 aliphatic heterocycles. The van der Waals surface area contributed by atoms with E-state index in [-0.39, 0.29) is 0 Å². The minimum atomic E-state index is 0.587. The highest BCUT2D eigenvalue weighted by molar-refractivity contribution is 6.30. The van der Waals surface area contributed by atoms with Gasteiger partial charge >= 0.3 is 0 Å². The third kappa shape index (κ3) is 2.71. The maximum Gasteiger partial charge on any atom is 0.0768 e. The van der Waals surface area contributed by atoms with Crippen molar-refractivity contribution in [2.45, 2.75) is 13.0 Å². The van der Waals surface area contributed by atoms with E-state index in [0.29, 0.717) is 6.61 Å². The van der Waals surface area contributed by atoms with Gasteiger partial charge in [-0.25, -0.2) is 4.98 Å². The molecule has 6 rings (SSSR count). The molecule has 2 nitrogen and oxygen atoms in total. The summed E-state index contributed by atoms with van der Waals surface area (Å²) in [5, 5.41) is 7.02. The predicted octanol–water partition coefficient (Wildman–Crippen LogP) is 6.93. The molecule has 0 atom stereocenters. The predicted molar refractivity (Wildman–Crippen MR) is 121 cm³/mol. The van der Waals surface area contributed by atoms with Crippen LogP contribution in [0.25, 0.3) is 43.7 Å². The van der Waals surface area contributed by atoms with Crippen molar-refractivity contribution in [1.29, 1.82) is 0 Å². The van der Waals surface area contributed by atoms with Crippen molar-refractivity contribution in [3.8, 4) is 11.3 Å². The van der Waals surface area contributed by atoms with E-state index < -0.39 is 0 Å². The molecule has 5 aromatic rings. The van der Waals surface area contributed by atoms with Crippen LogP contribution >= 0.6 is 11.6 Å². The molecule has 4 aromatic carbocycles. The lowest BCUT2D eigenvalue weighted by Gasteiger charge is -2.23. The second kappa shape index (κ2) is 6.55. The van der Waals surface area contributed by atoms with Crippen molar-refractivity contribution in [3.63, 3.8) is 0 Å². The summed E-state index contributed by atoms with van der Waals surface area (Å²) in [7, 11) is 0. The molecule has 0 spiro atoms. The Morgan fingerprint density at radius 1 is 0.793 bits per heavy atom. The first-order valence-corrected chi connectivity index (χ1v) is 10.3. The van der Waals surface area contributed by atoms with Gasteiger partial charge in [-0.05, 0) is 63.9 Å². The minimum Gasteiger partial charge on any atom is -0.376 e. The summed E-state index contributed by atoms with van der Waals surface area (Å²) in [6, 6.07) is 25.4. The van der Waals surface area contributed by atoms with E-state index >= 15 is 0 Å². The van der Waals surface area contributed by atoms with Crippen molar-refractivity contribution in [3.05, 3.63) is 88.9 Å². The first-order valence-electron chi connectivity index (χ1n) is 9.88. The van der Waals surface area contributed by atoms with Crippen molar-refractivity contribution < 1.29 is 4.74 Å². The summed E-state index contributed by atoms with van der Waals surface area (Å²) in [6.07, 6.45) is 0.897. The second-order valence-electron chi connectivity index (χ2n) is 7.61. The fourth-order valence-electron chi connectivity index (χ4n) is 4.55. The average Bonchev–Trinajstić information content (AvgIpc) is 2.77. The van der Waals surface area contributed by atoms with Gasteiger partial charge in [-0.1, -0.05) is 54.1 Å². The molecule has 0 saturated carbocycles. The molecule has 0 saturated heterocycles. The van der Waals surface area contributed by atoms with Crippen LogP contribution in [0, 0.1) is 0 Å². The summed E-state index contributed by atoms with van der Waals surface area (Å²) >= 11 is 6.27. The Kier molecular flexibility index (Phi) is 3.83. The molecule has 29 heavy (non-hydrogen) atoms. The van der Waals surface area contributed by atoms with Gasteiger partial charge in [0.05, 0.1) is 24.4 Å². The highest BCUT2D eigenvalue weighted by atomic mass is 35.5. The standard InChI is InChI=1S/C26H18ClNO/c27-20-7-3-6-19(13-20)26-23-15-29-11-10-21(23)25-22-14-17-5-2-1-4-16(17)12-18(22)8-9-24(25)28-26/h1-9,12-14H,10-11,15H2. The van der Waals surface area contributed by atoms with Crippen LogP contribution in [0.5, 0.6) is 0 Å². The van der Waals surface area contributed by atoms with Gasteiger partial charge in [-0.15, -0.1) is 0 Å². The van der Waals surface area contributed by atoms with E-state index in [1.165, 1.54) is 38.1 Å². The number of hydrogen-bond donors (Lipinski definition) is 0. The molecule has 2 heterocycles. The smallest absolute Gasteiger partial charge is 0.0768 e. The molecule has 1 aromatic heterocycles. The zero-order valence-electron chi connectivity index (χ0n) is 15.8. The van der Waals surface area contributed by atoms with Gasteiger partial charge in [0.15, 0.2) is 0 Å².